The highest BCUT2D eigenvalue weighted by molar-refractivity contribution is 7.98. The number of halogens is 1. The zero-order chi connectivity index (χ0) is 15.6. The van der Waals surface area contributed by atoms with E-state index in [1.54, 1.807) is 23.9 Å². The van der Waals surface area contributed by atoms with Crippen molar-refractivity contribution in [2.45, 2.75) is 32.1 Å². The molecule has 21 heavy (non-hydrogen) atoms. The third-order valence-electron chi connectivity index (χ3n) is 3.69. The molecule has 0 aliphatic carbocycles. The SMILES string of the molecule is COc1ccc(C2NC(C)C(=O)N2C(C)CSC)cc1F. The first-order valence-corrected chi connectivity index (χ1v) is 8.29. The molecule has 1 aromatic carbocycles. The van der Waals surface area contributed by atoms with Gasteiger partial charge in [-0.05, 0) is 37.8 Å². The van der Waals surface area contributed by atoms with E-state index < -0.39 is 5.82 Å². The van der Waals surface area contributed by atoms with Gasteiger partial charge in [0.25, 0.3) is 0 Å². The number of amides is 1. The summed E-state index contributed by atoms with van der Waals surface area (Å²) in [7, 11) is 1.43. The van der Waals surface area contributed by atoms with Crippen molar-refractivity contribution in [2.75, 3.05) is 19.1 Å². The molecule has 0 bridgehead atoms. The second-order valence-electron chi connectivity index (χ2n) is 5.23. The Labute approximate surface area is 129 Å². The van der Waals surface area contributed by atoms with Crippen LogP contribution in [0, 0.1) is 5.82 Å². The molecule has 2 rings (SSSR count). The van der Waals surface area contributed by atoms with E-state index in [2.05, 4.69) is 5.32 Å². The summed E-state index contributed by atoms with van der Waals surface area (Å²) >= 11 is 1.69. The Morgan fingerprint density at radius 3 is 2.81 bits per heavy atom. The lowest BCUT2D eigenvalue weighted by molar-refractivity contribution is -0.131. The summed E-state index contributed by atoms with van der Waals surface area (Å²) in [5.74, 6) is 0.689. The Bertz CT molecular complexity index is 526. The maximum atomic E-state index is 13.9. The fraction of sp³-hybridized carbons (Fsp3) is 0.533. The van der Waals surface area contributed by atoms with E-state index >= 15 is 0 Å². The summed E-state index contributed by atoms with van der Waals surface area (Å²) in [6, 6.07) is 4.64. The second-order valence-corrected chi connectivity index (χ2v) is 6.15. The summed E-state index contributed by atoms with van der Waals surface area (Å²) in [6.45, 7) is 3.85. The predicted molar refractivity (Wildman–Crippen MR) is 83.0 cm³/mol. The molecule has 0 aromatic heterocycles. The van der Waals surface area contributed by atoms with Gasteiger partial charge in [0.2, 0.25) is 5.91 Å². The zero-order valence-corrected chi connectivity index (χ0v) is 13.5. The molecule has 1 heterocycles. The van der Waals surface area contributed by atoms with Crippen LogP contribution in [0.15, 0.2) is 18.2 Å². The molecule has 116 valence electrons. The Morgan fingerprint density at radius 1 is 1.52 bits per heavy atom. The monoisotopic (exact) mass is 312 g/mol. The van der Waals surface area contributed by atoms with Crippen molar-refractivity contribution in [1.82, 2.24) is 10.2 Å². The summed E-state index contributed by atoms with van der Waals surface area (Å²) in [4.78, 5) is 14.2. The number of carbonyl (C=O) groups is 1. The van der Waals surface area contributed by atoms with Gasteiger partial charge in [0, 0.05) is 11.8 Å². The number of benzene rings is 1. The second kappa shape index (κ2) is 6.66. The van der Waals surface area contributed by atoms with Gasteiger partial charge in [0.05, 0.1) is 13.2 Å². The highest BCUT2D eigenvalue weighted by atomic mass is 32.2. The smallest absolute Gasteiger partial charge is 0.241 e. The molecule has 3 unspecified atom stereocenters. The minimum absolute atomic E-state index is 0.0535. The Hall–Kier alpha value is -1.27. The van der Waals surface area contributed by atoms with Crippen LogP contribution >= 0.6 is 11.8 Å². The number of nitrogens with zero attached hydrogens (tertiary/aromatic N) is 1. The van der Waals surface area contributed by atoms with Crippen molar-refractivity contribution < 1.29 is 13.9 Å². The summed E-state index contributed by atoms with van der Waals surface area (Å²) in [5, 5.41) is 3.23. The van der Waals surface area contributed by atoms with Crippen molar-refractivity contribution in [3.05, 3.63) is 29.6 Å². The van der Waals surface area contributed by atoms with E-state index in [1.807, 2.05) is 25.0 Å². The van der Waals surface area contributed by atoms with Gasteiger partial charge in [-0.3, -0.25) is 10.1 Å². The first-order valence-electron chi connectivity index (χ1n) is 6.90. The van der Waals surface area contributed by atoms with E-state index in [1.165, 1.54) is 13.2 Å². The van der Waals surface area contributed by atoms with Crippen molar-refractivity contribution >= 4 is 17.7 Å². The quantitative estimate of drug-likeness (QED) is 0.906. The van der Waals surface area contributed by atoms with Crippen LogP contribution in [-0.2, 0) is 4.79 Å². The maximum Gasteiger partial charge on any atom is 0.241 e. The minimum Gasteiger partial charge on any atom is -0.494 e. The number of hydrogen-bond donors (Lipinski definition) is 1. The van der Waals surface area contributed by atoms with E-state index in [-0.39, 0.29) is 29.9 Å². The van der Waals surface area contributed by atoms with Crippen LogP contribution in [0.1, 0.15) is 25.6 Å². The van der Waals surface area contributed by atoms with Crippen LogP contribution in [0.25, 0.3) is 0 Å². The van der Waals surface area contributed by atoms with Gasteiger partial charge < -0.3 is 9.64 Å². The Balaban J connectivity index is 2.31. The molecule has 6 heteroatoms. The fourth-order valence-corrected chi connectivity index (χ4v) is 3.28. The molecule has 4 nitrogen and oxygen atoms in total. The molecule has 1 aliphatic heterocycles. The normalized spacial score (nSPS) is 23.5. The predicted octanol–water partition coefficient (Wildman–Crippen LogP) is 2.40. The van der Waals surface area contributed by atoms with Crippen molar-refractivity contribution in [3.63, 3.8) is 0 Å². The van der Waals surface area contributed by atoms with Gasteiger partial charge in [-0.2, -0.15) is 11.8 Å². The molecule has 0 spiro atoms. The Kier molecular flexibility index (Phi) is 5.11. The van der Waals surface area contributed by atoms with E-state index in [0.29, 0.717) is 0 Å². The lowest BCUT2D eigenvalue weighted by atomic mass is 10.1. The summed E-state index contributed by atoms with van der Waals surface area (Å²) in [5.41, 5.74) is 0.735. The first-order chi connectivity index (χ1) is 9.99. The largest absolute Gasteiger partial charge is 0.494 e. The van der Waals surface area contributed by atoms with Gasteiger partial charge in [-0.25, -0.2) is 4.39 Å². The van der Waals surface area contributed by atoms with Gasteiger partial charge in [-0.1, -0.05) is 6.07 Å². The third kappa shape index (κ3) is 3.16. The van der Waals surface area contributed by atoms with Crippen LogP contribution < -0.4 is 10.1 Å². The van der Waals surface area contributed by atoms with Crippen molar-refractivity contribution in [3.8, 4) is 5.75 Å². The molecule has 1 aromatic rings. The Morgan fingerprint density at radius 2 is 2.24 bits per heavy atom. The van der Waals surface area contributed by atoms with Crippen LogP contribution in [0.2, 0.25) is 0 Å². The van der Waals surface area contributed by atoms with Gasteiger partial charge in [0.15, 0.2) is 11.6 Å². The molecule has 1 aliphatic rings. The van der Waals surface area contributed by atoms with E-state index in [0.717, 1.165) is 11.3 Å². The van der Waals surface area contributed by atoms with E-state index in [9.17, 15) is 9.18 Å². The number of carbonyl (C=O) groups excluding carboxylic acids is 1. The highest BCUT2D eigenvalue weighted by Crippen LogP contribution is 2.30. The van der Waals surface area contributed by atoms with Crippen LogP contribution in [0.5, 0.6) is 5.75 Å². The molecular formula is C15H21FN2O2S. The maximum absolute atomic E-state index is 13.9. The van der Waals surface area contributed by atoms with Gasteiger partial charge in [0.1, 0.15) is 6.17 Å². The number of thioether (sulfide) groups is 1. The number of hydrogen-bond acceptors (Lipinski definition) is 4. The number of ether oxygens (including phenoxy) is 1. The van der Waals surface area contributed by atoms with Crippen molar-refractivity contribution in [2.24, 2.45) is 0 Å². The molecule has 1 fully saturated rings. The molecule has 1 saturated heterocycles. The van der Waals surface area contributed by atoms with Gasteiger partial charge >= 0.3 is 0 Å². The highest BCUT2D eigenvalue weighted by Gasteiger charge is 2.39. The van der Waals surface area contributed by atoms with Crippen LogP contribution in [-0.4, -0.2) is 42.0 Å². The number of rotatable bonds is 5. The lowest BCUT2D eigenvalue weighted by Gasteiger charge is -2.30. The molecule has 0 saturated carbocycles. The molecule has 1 amide bonds. The lowest BCUT2D eigenvalue weighted by Crippen LogP contribution is -2.39. The number of methoxy groups -OCH3 is 1. The molecule has 0 radical (unpaired) electrons. The molecular weight excluding hydrogens is 291 g/mol. The summed E-state index contributed by atoms with van der Waals surface area (Å²) in [6.07, 6.45) is 1.71. The summed E-state index contributed by atoms with van der Waals surface area (Å²) < 4.78 is 18.9. The van der Waals surface area contributed by atoms with Crippen molar-refractivity contribution in [1.29, 1.82) is 0 Å². The molecule has 3 atom stereocenters. The zero-order valence-electron chi connectivity index (χ0n) is 12.7. The fourth-order valence-electron chi connectivity index (χ4n) is 2.64. The average Bonchev–Trinajstić information content (AvgIpc) is 2.75. The standard InChI is InChI=1S/C15H21FN2O2S/c1-9(8-21-4)18-14(17-10(2)15(18)19)11-5-6-13(20-3)12(16)7-11/h5-7,9-10,14,17H,8H2,1-4H3. The van der Waals surface area contributed by atoms with Crippen LogP contribution in [0.3, 0.4) is 0 Å². The molecule has 1 N–H and O–H groups in total. The first kappa shape index (κ1) is 16.1. The third-order valence-corrected chi connectivity index (χ3v) is 4.50. The van der Waals surface area contributed by atoms with Crippen LogP contribution in [0.4, 0.5) is 4.39 Å². The average molecular weight is 312 g/mol. The topological polar surface area (TPSA) is 41.6 Å². The van der Waals surface area contributed by atoms with Gasteiger partial charge in [-0.15, -0.1) is 0 Å². The minimum atomic E-state index is -0.415. The van der Waals surface area contributed by atoms with E-state index in [4.69, 9.17) is 4.74 Å². The number of nitrogens with one attached hydrogen (secondary N) is 1.